The highest BCUT2D eigenvalue weighted by Crippen LogP contribution is 2.36. The van der Waals surface area contributed by atoms with Gasteiger partial charge in [0.15, 0.2) is 0 Å². The lowest BCUT2D eigenvalue weighted by Crippen LogP contribution is -1.87. The van der Waals surface area contributed by atoms with Crippen LogP contribution in [0, 0.1) is 6.92 Å². The Balaban J connectivity index is 2.00. The minimum Gasteiger partial charge on any atom is -0.0843 e. The topological polar surface area (TPSA) is 0 Å². The first-order valence-electron chi connectivity index (χ1n) is 8.06. The monoisotopic (exact) mass is 328 g/mol. The summed E-state index contributed by atoms with van der Waals surface area (Å²) in [5.41, 5.74) is 6.16. The molecule has 0 bridgehead atoms. The molecule has 0 aliphatic carbocycles. The maximum absolute atomic E-state index is 6.07. The fraction of sp³-hybridized carbons (Fsp3) is 0.0435. The van der Waals surface area contributed by atoms with Gasteiger partial charge in [-0.05, 0) is 64.2 Å². The number of halogens is 1. The molecule has 0 aliphatic heterocycles. The van der Waals surface area contributed by atoms with Crippen LogP contribution >= 0.6 is 11.6 Å². The van der Waals surface area contributed by atoms with Crippen LogP contribution in [0.1, 0.15) is 5.56 Å². The molecule has 0 heterocycles. The van der Waals surface area contributed by atoms with E-state index in [1.54, 1.807) is 0 Å². The van der Waals surface area contributed by atoms with Crippen molar-refractivity contribution in [2.45, 2.75) is 6.92 Å². The Labute approximate surface area is 147 Å². The molecular weight excluding hydrogens is 312 g/mol. The molecule has 0 fully saturated rings. The lowest BCUT2D eigenvalue weighted by Gasteiger charge is -2.13. The number of aryl methyl sites for hydroxylation is 1. The zero-order valence-electron chi connectivity index (χ0n) is 13.5. The van der Waals surface area contributed by atoms with Crippen LogP contribution in [0.3, 0.4) is 0 Å². The molecule has 116 valence electrons. The highest BCUT2D eigenvalue weighted by atomic mass is 35.5. The second-order valence-corrected chi connectivity index (χ2v) is 6.55. The molecule has 4 aromatic carbocycles. The minimum atomic E-state index is 0.761. The molecule has 0 radical (unpaired) electrons. The van der Waals surface area contributed by atoms with Crippen LogP contribution < -0.4 is 0 Å². The molecule has 0 amide bonds. The molecule has 0 aromatic heterocycles. The summed E-state index contributed by atoms with van der Waals surface area (Å²) in [6.07, 6.45) is 0. The summed E-state index contributed by atoms with van der Waals surface area (Å²) >= 11 is 6.07. The van der Waals surface area contributed by atoms with E-state index in [-0.39, 0.29) is 0 Å². The Morgan fingerprint density at radius 2 is 1.04 bits per heavy atom. The van der Waals surface area contributed by atoms with Crippen LogP contribution in [0.15, 0.2) is 84.9 Å². The standard InChI is InChI=1S/C23H17Cl/c1-16-6-8-17(9-7-16)22-14-19-4-2-3-5-20(19)15-23(22)18-10-12-21(24)13-11-18/h2-15H,1H3. The molecule has 1 heteroatoms. The van der Waals surface area contributed by atoms with Crippen LogP contribution in [0.25, 0.3) is 33.0 Å². The van der Waals surface area contributed by atoms with Crippen LogP contribution in [0.2, 0.25) is 5.02 Å². The molecule has 0 spiro atoms. The molecule has 4 rings (SSSR count). The van der Waals surface area contributed by atoms with Crippen molar-refractivity contribution in [3.8, 4) is 22.3 Å². The highest BCUT2D eigenvalue weighted by molar-refractivity contribution is 6.30. The summed E-state index contributed by atoms with van der Waals surface area (Å²) in [4.78, 5) is 0. The van der Waals surface area contributed by atoms with E-state index in [0.29, 0.717) is 0 Å². The van der Waals surface area contributed by atoms with Gasteiger partial charge < -0.3 is 0 Å². The molecule has 24 heavy (non-hydrogen) atoms. The fourth-order valence-electron chi connectivity index (χ4n) is 3.08. The summed E-state index contributed by atoms with van der Waals surface area (Å²) in [5.74, 6) is 0. The van der Waals surface area contributed by atoms with Crippen molar-refractivity contribution in [3.63, 3.8) is 0 Å². The summed E-state index contributed by atoms with van der Waals surface area (Å²) in [6.45, 7) is 2.12. The van der Waals surface area contributed by atoms with Crippen molar-refractivity contribution in [1.82, 2.24) is 0 Å². The third kappa shape index (κ3) is 2.81. The summed E-state index contributed by atoms with van der Waals surface area (Å²) < 4.78 is 0. The Hall–Kier alpha value is -2.57. The van der Waals surface area contributed by atoms with Gasteiger partial charge in [0.25, 0.3) is 0 Å². The predicted octanol–water partition coefficient (Wildman–Crippen LogP) is 7.14. The Morgan fingerprint density at radius 3 is 1.54 bits per heavy atom. The third-order valence-corrected chi connectivity index (χ3v) is 4.66. The highest BCUT2D eigenvalue weighted by Gasteiger charge is 2.09. The molecule has 0 saturated carbocycles. The lowest BCUT2D eigenvalue weighted by atomic mass is 9.91. The first-order chi connectivity index (χ1) is 11.7. The Bertz CT molecular complexity index is 912. The van der Waals surface area contributed by atoms with Crippen molar-refractivity contribution in [2.24, 2.45) is 0 Å². The van der Waals surface area contributed by atoms with Crippen molar-refractivity contribution in [2.75, 3.05) is 0 Å². The normalized spacial score (nSPS) is 10.9. The SMILES string of the molecule is Cc1ccc(-c2cc3ccccc3cc2-c2ccc(Cl)cc2)cc1. The second kappa shape index (κ2) is 6.14. The van der Waals surface area contributed by atoms with Crippen molar-refractivity contribution >= 4 is 22.4 Å². The lowest BCUT2D eigenvalue weighted by molar-refractivity contribution is 1.47. The molecule has 0 aliphatic rings. The van der Waals surface area contributed by atoms with Crippen LogP contribution in [0.4, 0.5) is 0 Å². The minimum absolute atomic E-state index is 0.761. The predicted molar refractivity (Wildman–Crippen MR) is 105 cm³/mol. The van der Waals surface area contributed by atoms with Crippen molar-refractivity contribution in [1.29, 1.82) is 0 Å². The first kappa shape index (κ1) is 15.0. The average Bonchev–Trinajstić information content (AvgIpc) is 2.62. The largest absolute Gasteiger partial charge is 0.0843 e. The van der Waals surface area contributed by atoms with E-state index in [1.807, 2.05) is 12.1 Å². The van der Waals surface area contributed by atoms with E-state index in [9.17, 15) is 0 Å². The first-order valence-corrected chi connectivity index (χ1v) is 8.44. The van der Waals surface area contributed by atoms with Crippen molar-refractivity contribution in [3.05, 3.63) is 95.5 Å². The van der Waals surface area contributed by atoms with E-state index >= 15 is 0 Å². The maximum atomic E-state index is 6.07. The quantitative estimate of drug-likeness (QED) is 0.367. The maximum Gasteiger partial charge on any atom is 0.0406 e. The summed E-state index contributed by atoms with van der Waals surface area (Å²) in [6, 6.07) is 29.8. The van der Waals surface area contributed by atoms with E-state index in [1.165, 1.54) is 38.6 Å². The van der Waals surface area contributed by atoms with Gasteiger partial charge in [-0.15, -0.1) is 0 Å². The van der Waals surface area contributed by atoms with E-state index in [4.69, 9.17) is 11.6 Å². The number of rotatable bonds is 2. The fourth-order valence-corrected chi connectivity index (χ4v) is 3.21. The summed E-state index contributed by atoms with van der Waals surface area (Å²) in [5, 5.41) is 3.26. The van der Waals surface area contributed by atoms with Crippen LogP contribution in [0.5, 0.6) is 0 Å². The molecule has 4 aromatic rings. The number of hydrogen-bond acceptors (Lipinski definition) is 0. The Morgan fingerprint density at radius 1 is 0.583 bits per heavy atom. The molecule has 0 N–H and O–H groups in total. The second-order valence-electron chi connectivity index (χ2n) is 6.12. The van der Waals surface area contributed by atoms with Crippen LogP contribution in [-0.2, 0) is 0 Å². The molecule has 0 saturated heterocycles. The third-order valence-electron chi connectivity index (χ3n) is 4.40. The van der Waals surface area contributed by atoms with Gasteiger partial charge in [0.2, 0.25) is 0 Å². The number of hydrogen-bond donors (Lipinski definition) is 0. The van der Waals surface area contributed by atoms with E-state index in [2.05, 4.69) is 79.7 Å². The van der Waals surface area contributed by atoms with Gasteiger partial charge >= 0.3 is 0 Å². The molecule has 0 nitrogen and oxygen atoms in total. The number of fused-ring (bicyclic) bond motifs is 1. The van der Waals surface area contributed by atoms with Gasteiger partial charge in [0, 0.05) is 5.02 Å². The average molecular weight is 329 g/mol. The molecular formula is C23H17Cl. The smallest absolute Gasteiger partial charge is 0.0406 e. The molecule has 0 unspecified atom stereocenters. The zero-order chi connectivity index (χ0) is 16.5. The zero-order valence-corrected chi connectivity index (χ0v) is 14.2. The number of benzene rings is 4. The van der Waals surface area contributed by atoms with Gasteiger partial charge in [-0.25, -0.2) is 0 Å². The Kier molecular flexibility index (Phi) is 3.84. The summed E-state index contributed by atoms with van der Waals surface area (Å²) in [7, 11) is 0. The van der Waals surface area contributed by atoms with Crippen LogP contribution in [-0.4, -0.2) is 0 Å². The van der Waals surface area contributed by atoms with E-state index < -0.39 is 0 Å². The van der Waals surface area contributed by atoms with Gasteiger partial charge in [-0.2, -0.15) is 0 Å². The van der Waals surface area contributed by atoms with Gasteiger partial charge in [-0.1, -0.05) is 77.8 Å². The van der Waals surface area contributed by atoms with Crippen molar-refractivity contribution < 1.29 is 0 Å². The van der Waals surface area contributed by atoms with E-state index in [0.717, 1.165) is 5.02 Å². The molecule has 0 atom stereocenters. The van der Waals surface area contributed by atoms with Gasteiger partial charge in [-0.3, -0.25) is 0 Å². The van der Waals surface area contributed by atoms with Gasteiger partial charge in [0.05, 0.1) is 0 Å². The van der Waals surface area contributed by atoms with Gasteiger partial charge in [0.1, 0.15) is 0 Å².